The quantitative estimate of drug-likeness (QED) is 0.256. The molecule has 0 aliphatic carbocycles. The highest BCUT2D eigenvalue weighted by Gasteiger charge is 2.25. The van der Waals surface area contributed by atoms with Crippen LogP contribution in [0.4, 0.5) is 5.13 Å². The van der Waals surface area contributed by atoms with Gasteiger partial charge >= 0.3 is 0 Å². The Morgan fingerprint density at radius 3 is 2.30 bits per heavy atom. The molecule has 12 heteroatoms. The summed E-state index contributed by atoms with van der Waals surface area (Å²) in [6, 6.07) is 19.2. The number of sulfonamides is 1. The fraction of sp³-hybridized carbons (Fsp3) is 0.286. The van der Waals surface area contributed by atoms with E-state index in [9.17, 15) is 13.2 Å². The molecular formula is C28H31ClN4O5S2. The van der Waals surface area contributed by atoms with Crippen LogP contribution in [0.15, 0.2) is 71.6 Å². The van der Waals surface area contributed by atoms with Crippen LogP contribution in [0.3, 0.4) is 0 Å². The second-order valence-corrected chi connectivity index (χ2v) is 12.6. The minimum absolute atomic E-state index is 0. The Kier molecular flexibility index (Phi) is 9.32. The second-order valence-electron chi connectivity index (χ2n) is 9.55. The van der Waals surface area contributed by atoms with E-state index < -0.39 is 10.0 Å². The summed E-state index contributed by atoms with van der Waals surface area (Å²) in [6.45, 7) is 1.70. The lowest BCUT2D eigenvalue weighted by Crippen LogP contribution is -2.33. The van der Waals surface area contributed by atoms with Gasteiger partial charge in [-0.05, 0) is 56.9 Å². The third-order valence-corrected chi connectivity index (χ3v) is 9.25. The molecule has 4 aromatic rings. The van der Waals surface area contributed by atoms with E-state index in [1.165, 1.54) is 27.8 Å². The number of anilines is 1. The van der Waals surface area contributed by atoms with E-state index >= 15 is 0 Å². The maximum absolute atomic E-state index is 13.7. The Hall–Kier alpha value is -3.22. The van der Waals surface area contributed by atoms with E-state index in [4.69, 9.17) is 14.5 Å². The van der Waals surface area contributed by atoms with Gasteiger partial charge < -0.3 is 14.4 Å². The Bertz CT molecular complexity index is 1540. The lowest BCUT2D eigenvalue weighted by Gasteiger charge is -2.21. The van der Waals surface area contributed by atoms with Crippen LogP contribution in [0.2, 0.25) is 0 Å². The molecule has 1 aliphatic rings. The topological polar surface area (TPSA) is 92.3 Å². The van der Waals surface area contributed by atoms with Crippen molar-refractivity contribution in [3.63, 3.8) is 0 Å². The minimum Gasteiger partial charge on any atom is -0.454 e. The SMILES string of the molecule is CN(C)CCCN(C(=O)c1ccc(S(=O)(=O)N(C)Cc2ccccc2)cc1)c1nc2cc3c(cc2s1)OCO3.Cl. The largest absolute Gasteiger partial charge is 0.454 e. The Labute approximate surface area is 244 Å². The third kappa shape index (κ3) is 6.39. The summed E-state index contributed by atoms with van der Waals surface area (Å²) >= 11 is 1.41. The summed E-state index contributed by atoms with van der Waals surface area (Å²) in [6.07, 6.45) is 0.744. The van der Waals surface area contributed by atoms with Gasteiger partial charge in [0.15, 0.2) is 16.6 Å². The first kappa shape index (κ1) is 29.8. The van der Waals surface area contributed by atoms with Gasteiger partial charge in [0.25, 0.3) is 5.91 Å². The molecule has 1 aromatic heterocycles. The molecule has 0 atom stereocenters. The number of amides is 1. The molecule has 3 aromatic carbocycles. The van der Waals surface area contributed by atoms with Gasteiger partial charge in [0, 0.05) is 37.8 Å². The number of fused-ring (bicyclic) bond motifs is 2. The maximum Gasteiger partial charge on any atom is 0.260 e. The molecule has 2 heterocycles. The summed E-state index contributed by atoms with van der Waals surface area (Å²) < 4.78 is 39.5. The molecule has 0 spiro atoms. The molecule has 40 heavy (non-hydrogen) atoms. The van der Waals surface area contributed by atoms with Crippen molar-refractivity contribution >= 4 is 55.0 Å². The number of halogens is 1. The smallest absolute Gasteiger partial charge is 0.260 e. The van der Waals surface area contributed by atoms with Gasteiger partial charge in [-0.3, -0.25) is 9.69 Å². The Morgan fingerprint density at radius 1 is 0.950 bits per heavy atom. The van der Waals surface area contributed by atoms with Gasteiger partial charge in [-0.1, -0.05) is 41.7 Å². The van der Waals surface area contributed by atoms with Crippen molar-refractivity contribution in [1.82, 2.24) is 14.2 Å². The number of benzene rings is 3. The number of hydrogen-bond acceptors (Lipinski definition) is 8. The summed E-state index contributed by atoms with van der Waals surface area (Å²) in [5.41, 5.74) is 2.01. The van der Waals surface area contributed by atoms with Crippen LogP contribution in [0.25, 0.3) is 10.2 Å². The second kappa shape index (κ2) is 12.5. The van der Waals surface area contributed by atoms with Crippen molar-refractivity contribution in [3.05, 3.63) is 77.9 Å². The van der Waals surface area contributed by atoms with E-state index in [0.29, 0.717) is 28.7 Å². The number of ether oxygens (including phenoxy) is 2. The Morgan fingerprint density at radius 2 is 1.62 bits per heavy atom. The monoisotopic (exact) mass is 602 g/mol. The highest BCUT2D eigenvalue weighted by Crippen LogP contribution is 2.40. The fourth-order valence-electron chi connectivity index (χ4n) is 4.28. The van der Waals surface area contributed by atoms with Crippen LogP contribution < -0.4 is 14.4 Å². The van der Waals surface area contributed by atoms with Crippen LogP contribution >= 0.6 is 23.7 Å². The lowest BCUT2D eigenvalue weighted by atomic mass is 10.2. The molecule has 9 nitrogen and oxygen atoms in total. The van der Waals surface area contributed by atoms with E-state index in [-0.39, 0.29) is 36.5 Å². The highest BCUT2D eigenvalue weighted by molar-refractivity contribution is 7.89. The van der Waals surface area contributed by atoms with Crippen molar-refractivity contribution < 1.29 is 22.7 Å². The van der Waals surface area contributed by atoms with Gasteiger partial charge in [-0.2, -0.15) is 4.31 Å². The first-order valence-electron chi connectivity index (χ1n) is 12.5. The molecule has 0 saturated carbocycles. The summed E-state index contributed by atoms with van der Waals surface area (Å²) in [4.78, 5) is 22.3. The van der Waals surface area contributed by atoms with Crippen molar-refractivity contribution in [2.45, 2.75) is 17.9 Å². The van der Waals surface area contributed by atoms with E-state index in [2.05, 4.69) is 4.90 Å². The van der Waals surface area contributed by atoms with Gasteiger partial charge in [0.2, 0.25) is 16.8 Å². The molecule has 1 amide bonds. The van der Waals surface area contributed by atoms with E-state index in [1.54, 1.807) is 24.1 Å². The van der Waals surface area contributed by atoms with Crippen molar-refractivity contribution in [3.8, 4) is 11.5 Å². The number of carbonyl (C=O) groups excluding carboxylic acids is 1. The molecule has 0 fully saturated rings. The molecule has 0 N–H and O–H groups in total. The summed E-state index contributed by atoms with van der Waals surface area (Å²) in [5.74, 6) is 1.06. The number of thiazole rings is 1. The summed E-state index contributed by atoms with van der Waals surface area (Å²) in [5, 5.41) is 0.566. The van der Waals surface area contributed by atoms with Crippen LogP contribution in [0.5, 0.6) is 11.5 Å². The zero-order chi connectivity index (χ0) is 27.6. The standard InChI is InChI=1S/C28H30N4O5S2.ClH/c1-30(2)14-7-15-32(28-29-23-16-24-25(37-19-36-24)17-26(23)38-28)27(33)21-10-12-22(13-11-21)39(34,35)31(3)18-20-8-5-4-6-9-20;/h4-6,8-13,16-17H,7,14-15,18-19H2,1-3H3;1H. The summed E-state index contributed by atoms with van der Waals surface area (Å²) in [7, 11) is 1.79. The molecule has 0 bridgehead atoms. The van der Waals surface area contributed by atoms with Crippen LogP contribution in [-0.2, 0) is 16.6 Å². The van der Waals surface area contributed by atoms with Crippen LogP contribution in [0.1, 0.15) is 22.3 Å². The van der Waals surface area contributed by atoms with Crippen LogP contribution in [0, 0.1) is 0 Å². The first-order chi connectivity index (χ1) is 18.7. The third-order valence-electron chi connectivity index (χ3n) is 6.39. The number of rotatable bonds is 10. The normalized spacial score (nSPS) is 12.6. The maximum atomic E-state index is 13.7. The molecular weight excluding hydrogens is 572 g/mol. The van der Waals surface area contributed by atoms with Crippen LogP contribution in [-0.4, -0.2) is 69.5 Å². The predicted octanol–water partition coefficient (Wildman–Crippen LogP) is 4.87. The number of hydrogen-bond donors (Lipinski definition) is 0. The molecule has 5 rings (SSSR count). The molecule has 0 unspecified atom stereocenters. The highest BCUT2D eigenvalue weighted by atomic mass is 35.5. The van der Waals surface area contributed by atoms with E-state index in [0.717, 1.165) is 28.7 Å². The van der Waals surface area contributed by atoms with Gasteiger partial charge in [-0.15, -0.1) is 12.4 Å². The van der Waals surface area contributed by atoms with Crippen molar-refractivity contribution in [2.24, 2.45) is 0 Å². The average Bonchev–Trinajstić information content (AvgIpc) is 3.55. The molecule has 1 aliphatic heterocycles. The lowest BCUT2D eigenvalue weighted by molar-refractivity contribution is 0.0986. The van der Waals surface area contributed by atoms with Gasteiger partial charge in [-0.25, -0.2) is 13.4 Å². The average molecular weight is 603 g/mol. The van der Waals surface area contributed by atoms with E-state index in [1.807, 2.05) is 56.6 Å². The van der Waals surface area contributed by atoms with Gasteiger partial charge in [0.1, 0.15) is 0 Å². The zero-order valence-corrected chi connectivity index (χ0v) is 24.9. The van der Waals surface area contributed by atoms with Crippen molar-refractivity contribution in [2.75, 3.05) is 45.9 Å². The molecule has 212 valence electrons. The van der Waals surface area contributed by atoms with Gasteiger partial charge in [0.05, 0.1) is 15.1 Å². The minimum atomic E-state index is -3.73. The number of carbonyl (C=O) groups is 1. The molecule has 0 saturated heterocycles. The number of aromatic nitrogens is 1. The predicted molar refractivity (Wildman–Crippen MR) is 159 cm³/mol. The Balaban J connectivity index is 0.00000370. The first-order valence-corrected chi connectivity index (χ1v) is 14.7. The van der Waals surface area contributed by atoms with Crippen molar-refractivity contribution in [1.29, 1.82) is 0 Å². The fourth-order valence-corrected chi connectivity index (χ4v) is 6.44. The number of nitrogens with zero attached hydrogens (tertiary/aromatic N) is 4. The zero-order valence-electron chi connectivity index (χ0n) is 22.4. The molecule has 0 radical (unpaired) electrons.